The average molecular weight is 354 g/mol. The molecule has 1 saturated carbocycles. The molecular formula is C17H21F3N4O. The van der Waals surface area contributed by atoms with Crippen LogP contribution in [0.4, 0.5) is 13.2 Å². The second-order valence-electron chi connectivity index (χ2n) is 6.81. The van der Waals surface area contributed by atoms with E-state index in [4.69, 9.17) is 5.73 Å². The molecule has 136 valence electrons. The summed E-state index contributed by atoms with van der Waals surface area (Å²) in [7, 11) is 0. The molecule has 5 nitrogen and oxygen atoms in total. The molecular weight excluding hydrogens is 333 g/mol. The molecule has 25 heavy (non-hydrogen) atoms. The smallest absolute Gasteiger partial charge is 0.383 e. The number of carbonyl (C=O) groups excluding carboxylic acids is 1. The third kappa shape index (κ3) is 4.18. The van der Waals surface area contributed by atoms with Gasteiger partial charge < -0.3 is 11.1 Å². The Morgan fingerprint density at radius 1 is 1.32 bits per heavy atom. The molecule has 1 aromatic rings. The van der Waals surface area contributed by atoms with Gasteiger partial charge in [0.2, 0.25) is 0 Å². The lowest BCUT2D eigenvalue weighted by Crippen LogP contribution is -2.38. The Kier molecular flexibility index (Phi) is 4.81. The molecule has 8 heteroatoms. The van der Waals surface area contributed by atoms with Gasteiger partial charge in [0.05, 0.1) is 5.69 Å². The molecule has 2 aliphatic rings. The van der Waals surface area contributed by atoms with Gasteiger partial charge in [-0.2, -0.15) is 18.2 Å². The molecule has 0 spiro atoms. The van der Waals surface area contributed by atoms with Crippen molar-refractivity contribution in [3.8, 4) is 0 Å². The van der Waals surface area contributed by atoms with Crippen molar-refractivity contribution < 1.29 is 18.0 Å². The fourth-order valence-electron chi connectivity index (χ4n) is 3.14. The molecule has 1 amide bonds. The van der Waals surface area contributed by atoms with E-state index in [1.54, 1.807) is 0 Å². The van der Waals surface area contributed by atoms with E-state index in [1.807, 2.05) is 6.92 Å². The van der Waals surface area contributed by atoms with Gasteiger partial charge >= 0.3 is 6.18 Å². The highest BCUT2D eigenvalue weighted by Gasteiger charge is 2.36. The van der Waals surface area contributed by atoms with Crippen LogP contribution in [0.5, 0.6) is 0 Å². The largest absolute Gasteiger partial charge is 0.433 e. The Balaban J connectivity index is 1.86. The van der Waals surface area contributed by atoms with Crippen molar-refractivity contribution in [2.45, 2.75) is 50.7 Å². The fourth-order valence-corrected chi connectivity index (χ4v) is 3.14. The van der Waals surface area contributed by atoms with Crippen LogP contribution in [0.25, 0.3) is 0 Å². The number of pyridine rings is 1. The Hall–Kier alpha value is -1.96. The zero-order valence-electron chi connectivity index (χ0n) is 13.9. The van der Waals surface area contributed by atoms with Gasteiger partial charge in [-0.05, 0) is 51.3 Å². The zero-order chi connectivity index (χ0) is 18.2. The second-order valence-corrected chi connectivity index (χ2v) is 6.81. The lowest BCUT2D eigenvalue weighted by Gasteiger charge is -2.25. The number of amidine groups is 1. The summed E-state index contributed by atoms with van der Waals surface area (Å²) in [5.74, 6) is -0.603. The van der Waals surface area contributed by atoms with E-state index in [-0.39, 0.29) is 29.6 Å². The van der Waals surface area contributed by atoms with Crippen LogP contribution in [0.3, 0.4) is 0 Å². The number of aliphatic imine (C=N–C) groups is 1. The van der Waals surface area contributed by atoms with Crippen molar-refractivity contribution in [1.82, 2.24) is 10.3 Å². The Labute approximate surface area is 143 Å². The van der Waals surface area contributed by atoms with Crippen LogP contribution < -0.4 is 11.1 Å². The average Bonchev–Trinajstić information content (AvgIpc) is 3.38. The number of alkyl halides is 3. The number of nitrogens with two attached hydrogens (primary N) is 1. The number of halogens is 3. The molecule has 2 heterocycles. The molecule has 3 rings (SSSR count). The quantitative estimate of drug-likeness (QED) is 0.646. The summed E-state index contributed by atoms with van der Waals surface area (Å²) in [5.41, 5.74) is 5.65. The number of amides is 1. The highest BCUT2D eigenvalue weighted by Crippen LogP contribution is 2.42. The van der Waals surface area contributed by atoms with Crippen LogP contribution in [0.15, 0.2) is 17.1 Å². The first-order chi connectivity index (χ1) is 11.8. The minimum atomic E-state index is -4.50. The Morgan fingerprint density at radius 3 is 2.64 bits per heavy atom. The molecule has 0 radical (unpaired) electrons. The van der Waals surface area contributed by atoms with E-state index in [1.165, 1.54) is 6.07 Å². The van der Waals surface area contributed by atoms with E-state index in [0.717, 1.165) is 25.5 Å². The van der Waals surface area contributed by atoms with Gasteiger partial charge in [0, 0.05) is 23.4 Å². The molecule has 1 aromatic heterocycles. The van der Waals surface area contributed by atoms with Gasteiger partial charge in [0.1, 0.15) is 11.5 Å². The molecule has 2 fully saturated rings. The number of aromatic nitrogens is 1. The van der Waals surface area contributed by atoms with E-state index in [0.29, 0.717) is 24.1 Å². The molecule has 3 N–H and O–H groups in total. The Morgan fingerprint density at radius 2 is 2.04 bits per heavy atom. The number of piperidine rings is 1. The molecule has 0 bridgehead atoms. The number of hydrogen-bond acceptors (Lipinski definition) is 3. The second kappa shape index (κ2) is 6.74. The topological polar surface area (TPSA) is 80.4 Å². The summed E-state index contributed by atoms with van der Waals surface area (Å²) in [5, 5.41) is 3.26. The SMILES string of the molecule is CC1CC(C(=O)N=C(N)c2ccc(C(F)(F)F)nc2C2CC2)CCN1. The van der Waals surface area contributed by atoms with Crippen molar-refractivity contribution in [3.63, 3.8) is 0 Å². The fraction of sp³-hybridized carbons (Fsp3) is 0.588. The van der Waals surface area contributed by atoms with Gasteiger partial charge in [0.15, 0.2) is 0 Å². The molecule has 1 aliphatic carbocycles. The summed E-state index contributed by atoms with van der Waals surface area (Å²) in [6.45, 7) is 2.74. The minimum Gasteiger partial charge on any atom is -0.383 e. The number of nitrogens with one attached hydrogen (secondary N) is 1. The summed E-state index contributed by atoms with van der Waals surface area (Å²) >= 11 is 0. The summed E-state index contributed by atoms with van der Waals surface area (Å²) < 4.78 is 38.7. The lowest BCUT2D eigenvalue weighted by molar-refractivity contribution is -0.141. The number of carbonyl (C=O) groups is 1. The molecule has 2 unspecified atom stereocenters. The minimum absolute atomic E-state index is 0.0416. The molecule has 0 aromatic carbocycles. The van der Waals surface area contributed by atoms with E-state index >= 15 is 0 Å². The molecule has 1 saturated heterocycles. The van der Waals surface area contributed by atoms with Crippen LogP contribution >= 0.6 is 0 Å². The third-order valence-electron chi connectivity index (χ3n) is 4.66. The first kappa shape index (κ1) is 17.8. The van der Waals surface area contributed by atoms with E-state index in [9.17, 15) is 18.0 Å². The predicted octanol–water partition coefficient (Wildman–Crippen LogP) is 2.60. The highest BCUT2D eigenvalue weighted by molar-refractivity contribution is 6.05. The van der Waals surface area contributed by atoms with E-state index in [2.05, 4.69) is 15.3 Å². The number of rotatable bonds is 3. The summed E-state index contributed by atoms with van der Waals surface area (Å²) in [4.78, 5) is 20.1. The Bertz CT molecular complexity index is 698. The maximum absolute atomic E-state index is 12.9. The lowest BCUT2D eigenvalue weighted by atomic mass is 9.92. The molecule has 1 aliphatic heterocycles. The van der Waals surface area contributed by atoms with Crippen molar-refractivity contribution in [1.29, 1.82) is 0 Å². The zero-order valence-corrected chi connectivity index (χ0v) is 13.9. The third-order valence-corrected chi connectivity index (χ3v) is 4.66. The molecule has 2 atom stereocenters. The van der Waals surface area contributed by atoms with Crippen molar-refractivity contribution in [3.05, 3.63) is 29.1 Å². The van der Waals surface area contributed by atoms with Gasteiger partial charge in [0.25, 0.3) is 5.91 Å². The van der Waals surface area contributed by atoms with Crippen LogP contribution in [0, 0.1) is 5.92 Å². The van der Waals surface area contributed by atoms with E-state index < -0.39 is 11.9 Å². The standard InChI is InChI=1S/C17H21F3N4O/c1-9-8-11(6-7-22-9)16(25)24-15(21)12-4-5-13(17(18,19)20)23-14(12)10-2-3-10/h4-5,9-11,22H,2-3,6-8H2,1H3,(H2,21,24,25). The van der Waals surface area contributed by atoms with Crippen LogP contribution in [0.2, 0.25) is 0 Å². The van der Waals surface area contributed by atoms with Crippen molar-refractivity contribution in [2.75, 3.05) is 6.54 Å². The van der Waals surface area contributed by atoms with Crippen LogP contribution in [-0.4, -0.2) is 29.3 Å². The summed E-state index contributed by atoms with van der Waals surface area (Å²) in [6, 6.07) is 2.40. The van der Waals surface area contributed by atoms with Gasteiger partial charge in [-0.25, -0.2) is 4.98 Å². The van der Waals surface area contributed by atoms with Crippen LogP contribution in [-0.2, 0) is 11.0 Å². The first-order valence-electron chi connectivity index (χ1n) is 8.45. The van der Waals surface area contributed by atoms with Crippen LogP contribution in [0.1, 0.15) is 55.5 Å². The maximum Gasteiger partial charge on any atom is 0.433 e. The van der Waals surface area contributed by atoms with Crippen molar-refractivity contribution in [2.24, 2.45) is 16.6 Å². The summed E-state index contributed by atoms with van der Waals surface area (Å²) in [6.07, 6.45) is -1.60. The van der Waals surface area contributed by atoms with Gasteiger partial charge in [-0.1, -0.05) is 0 Å². The number of nitrogens with zero attached hydrogens (tertiary/aromatic N) is 2. The highest BCUT2D eigenvalue weighted by atomic mass is 19.4. The monoisotopic (exact) mass is 354 g/mol. The number of hydrogen-bond donors (Lipinski definition) is 2. The first-order valence-corrected chi connectivity index (χ1v) is 8.45. The normalized spacial score (nSPS) is 25.0. The predicted molar refractivity (Wildman–Crippen MR) is 87.1 cm³/mol. The maximum atomic E-state index is 12.9. The van der Waals surface area contributed by atoms with Crippen molar-refractivity contribution >= 4 is 11.7 Å². The van der Waals surface area contributed by atoms with Gasteiger partial charge in [-0.15, -0.1) is 0 Å². The van der Waals surface area contributed by atoms with Gasteiger partial charge in [-0.3, -0.25) is 4.79 Å².